The zero-order valence-electron chi connectivity index (χ0n) is 20.7. The number of hydrogen-bond acceptors (Lipinski definition) is 4. The lowest BCUT2D eigenvalue weighted by atomic mass is 9.65. The minimum absolute atomic E-state index is 0.0215. The highest BCUT2D eigenvalue weighted by molar-refractivity contribution is 7.79. The molecule has 0 bridgehead atoms. The average molecular weight is 608 g/mol. The summed E-state index contributed by atoms with van der Waals surface area (Å²) in [6, 6.07) is 17.0. The van der Waals surface area contributed by atoms with Gasteiger partial charge in [-0.15, -0.1) is 0 Å². The van der Waals surface area contributed by atoms with E-state index in [4.69, 9.17) is 50.1 Å². The molecule has 5 N–H and O–H groups in total. The molecule has 0 amide bonds. The van der Waals surface area contributed by atoms with Crippen molar-refractivity contribution in [3.05, 3.63) is 104 Å². The van der Waals surface area contributed by atoms with E-state index in [-0.39, 0.29) is 24.2 Å². The number of halogens is 3. The maximum absolute atomic E-state index is 11.2. The summed E-state index contributed by atoms with van der Waals surface area (Å²) in [5.41, 5.74) is 1.37. The van der Waals surface area contributed by atoms with Crippen molar-refractivity contribution < 1.29 is 23.7 Å². The predicted molar refractivity (Wildman–Crippen MR) is 155 cm³/mol. The number of allylic oxidation sites excluding steroid dienone is 1. The van der Waals surface area contributed by atoms with Crippen molar-refractivity contribution in [3.63, 3.8) is 0 Å². The lowest BCUT2D eigenvalue weighted by molar-refractivity contribution is -0.0549. The van der Waals surface area contributed by atoms with Gasteiger partial charge in [0.15, 0.2) is 11.1 Å². The van der Waals surface area contributed by atoms with Gasteiger partial charge in [0.2, 0.25) is 5.76 Å². The van der Waals surface area contributed by atoms with Gasteiger partial charge in [-0.25, -0.2) is 4.21 Å². The summed E-state index contributed by atoms with van der Waals surface area (Å²) in [7, 11) is 0. The van der Waals surface area contributed by atoms with E-state index in [2.05, 4.69) is 0 Å². The van der Waals surface area contributed by atoms with Crippen molar-refractivity contribution in [3.8, 4) is 5.75 Å². The smallest absolute Gasteiger partial charge is 0.240 e. The Labute approximate surface area is 244 Å². The zero-order valence-corrected chi connectivity index (χ0v) is 23.8. The third kappa shape index (κ3) is 5.89. The van der Waals surface area contributed by atoms with Crippen LogP contribution >= 0.6 is 34.8 Å². The van der Waals surface area contributed by atoms with Crippen LogP contribution in [0.25, 0.3) is 0 Å². The van der Waals surface area contributed by atoms with Crippen LogP contribution in [0.3, 0.4) is 0 Å². The number of ether oxygens (including phenoxy) is 1. The summed E-state index contributed by atoms with van der Waals surface area (Å²) < 4.78 is 26.4. The molecule has 10 heteroatoms. The summed E-state index contributed by atoms with van der Waals surface area (Å²) in [6.45, 7) is -0.0215. The van der Waals surface area contributed by atoms with Gasteiger partial charge in [0.25, 0.3) is 0 Å². The highest BCUT2D eigenvalue weighted by Gasteiger charge is 2.45. The Balaban J connectivity index is 1.29. The van der Waals surface area contributed by atoms with Gasteiger partial charge >= 0.3 is 0 Å². The molecule has 204 valence electrons. The Morgan fingerprint density at radius 1 is 1.03 bits per heavy atom. The fraction of sp³-hybridized carbons (Fsp3) is 0.276. The first-order valence-electron chi connectivity index (χ1n) is 12.4. The van der Waals surface area contributed by atoms with Gasteiger partial charge < -0.3 is 19.5 Å². The lowest BCUT2D eigenvalue weighted by Crippen LogP contribution is -2.40. The van der Waals surface area contributed by atoms with Crippen LogP contribution in [0, 0.1) is 11.3 Å². The summed E-state index contributed by atoms with van der Waals surface area (Å²) in [4.78, 5) is 0.338. The maximum Gasteiger partial charge on any atom is 0.240 e. The van der Waals surface area contributed by atoms with Crippen LogP contribution in [0.4, 0.5) is 0 Å². The summed E-state index contributed by atoms with van der Waals surface area (Å²) in [5, 5.41) is 29.7. The van der Waals surface area contributed by atoms with Crippen molar-refractivity contribution in [2.45, 2.75) is 42.1 Å². The van der Waals surface area contributed by atoms with Crippen molar-refractivity contribution in [2.75, 3.05) is 6.61 Å². The molecule has 0 radical (unpaired) electrons. The van der Waals surface area contributed by atoms with E-state index in [0.717, 1.165) is 18.4 Å². The monoisotopic (exact) mass is 606 g/mol. The molecule has 5 rings (SSSR count). The molecule has 3 aromatic carbocycles. The number of rotatable bonds is 9. The molecular weight excluding hydrogens is 581 g/mol. The van der Waals surface area contributed by atoms with E-state index in [1.807, 2.05) is 12.1 Å². The van der Waals surface area contributed by atoms with E-state index >= 15 is 0 Å². The number of aliphatic hydroxyl groups is 1. The van der Waals surface area contributed by atoms with Crippen molar-refractivity contribution in [1.29, 1.82) is 5.41 Å². The predicted octanol–water partition coefficient (Wildman–Crippen LogP) is 6.83. The van der Waals surface area contributed by atoms with Gasteiger partial charge in [-0.05, 0) is 73.6 Å². The first kappa shape index (κ1) is 28.1. The third-order valence-corrected chi connectivity index (χ3v) is 8.99. The molecule has 1 unspecified atom stereocenters. The van der Waals surface area contributed by atoms with Crippen LogP contribution in [0.2, 0.25) is 15.1 Å². The van der Waals surface area contributed by atoms with Crippen LogP contribution in [-0.2, 0) is 16.7 Å². The van der Waals surface area contributed by atoms with Crippen LogP contribution in [0.15, 0.2) is 76.9 Å². The van der Waals surface area contributed by atoms with Gasteiger partial charge in [0.05, 0.1) is 37.2 Å². The molecule has 0 aromatic heterocycles. The first-order chi connectivity index (χ1) is 18.6. The molecule has 1 atom stereocenters. The minimum Gasteiger partial charge on any atom is -0.596 e. The average Bonchev–Trinajstić information content (AvgIpc) is 3.72. The first-order valence-corrected chi connectivity index (χ1v) is 14.7. The van der Waals surface area contributed by atoms with Crippen LogP contribution in [0.1, 0.15) is 48.3 Å². The Bertz CT molecular complexity index is 1460. The van der Waals surface area contributed by atoms with E-state index in [1.165, 1.54) is 0 Å². The van der Waals surface area contributed by atoms with Gasteiger partial charge in [-0.2, -0.15) is 0 Å². The van der Waals surface area contributed by atoms with Crippen LogP contribution in [-0.4, -0.2) is 31.3 Å². The van der Waals surface area contributed by atoms with Gasteiger partial charge in [0, 0.05) is 11.1 Å². The molecule has 0 heterocycles. The molecule has 0 spiro atoms. The lowest BCUT2D eigenvalue weighted by Gasteiger charge is -2.44. The Morgan fingerprint density at radius 2 is 1.67 bits per heavy atom. The van der Waals surface area contributed by atoms with E-state index < -0.39 is 16.7 Å². The molecule has 0 aliphatic heterocycles. The second kappa shape index (κ2) is 11.2. The molecule has 2 saturated carbocycles. The minimum atomic E-state index is -2.02. The Morgan fingerprint density at radius 3 is 2.23 bits per heavy atom. The summed E-state index contributed by atoms with van der Waals surface area (Å²) >= 11 is 17.2. The zero-order chi connectivity index (χ0) is 27.9. The Hall–Kier alpha value is -2.39. The molecule has 39 heavy (non-hydrogen) atoms. The second-order valence-corrected chi connectivity index (χ2v) is 12.2. The molecule has 3 aromatic rings. The molecule has 2 aliphatic carbocycles. The topological polar surface area (TPSA) is 114 Å². The standard InChI is InChI=1S/C29H26Cl3NO5S/c30-23-2-1-3-24(31)26(23)27(33)21(28(34)17-4-5-17)15-38-19-8-11-22(25(32)12-19)29(35)13-18(14-29)16-6-9-20(10-7-16)39(36)37/h1-3,6-12,17-18,33-35H,4-5,13-15H2,(H,36,37)/p+1/b28-21-,33-27?. The quantitative estimate of drug-likeness (QED) is 0.107. The highest BCUT2D eigenvalue weighted by atomic mass is 35.5. The van der Waals surface area contributed by atoms with Gasteiger partial charge in [-0.3, -0.25) is 5.41 Å². The van der Waals surface area contributed by atoms with E-state index in [1.54, 1.807) is 48.5 Å². The fourth-order valence-corrected chi connectivity index (χ4v) is 6.28. The summed E-state index contributed by atoms with van der Waals surface area (Å²) in [5.74, 6) is 1.01. The van der Waals surface area contributed by atoms with Crippen molar-refractivity contribution >= 4 is 51.6 Å². The highest BCUT2D eigenvalue weighted by Crippen LogP contribution is 2.52. The fourth-order valence-electron chi connectivity index (χ4n) is 4.98. The maximum atomic E-state index is 11.2. The molecule has 2 fully saturated rings. The van der Waals surface area contributed by atoms with Crippen LogP contribution in [0.5, 0.6) is 5.75 Å². The Kier molecular flexibility index (Phi) is 8.11. The van der Waals surface area contributed by atoms with Gasteiger partial charge in [-0.1, -0.05) is 59.1 Å². The second-order valence-electron chi connectivity index (χ2n) is 10.0. The number of nitrogens with one attached hydrogen (secondary N) is 1. The third-order valence-electron chi connectivity index (χ3n) is 7.37. The van der Waals surface area contributed by atoms with E-state index in [0.29, 0.717) is 61.0 Å². The number of benzene rings is 3. The number of hydrogen-bond donors (Lipinski definition) is 3. The van der Waals surface area contributed by atoms with Crippen molar-refractivity contribution in [2.24, 2.45) is 5.92 Å². The SMILES string of the molecule is N=C(/C(COc1ccc(C2(O)CC(c3ccc(S(=O)O)cc3)C2)c(Cl)c1)=C(\[OH2+])C1CC1)c1c(Cl)cccc1Cl. The van der Waals surface area contributed by atoms with Crippen molar-refractivity contribution in [1.82, 2.24) is 0 Å². The van der Waals surface area contributed by atoms with E-state index in [9.17, 15) is 13.9 Å². The summed E-state index contributed by atoms with van der Waals surface area (Å²) in [6.07, 6.45) is 2.75. The van der Waals surface area contributed by atoms with Gasteiger partial charge in [0.1, 0.15) is 17.9 Å². The van der Waals surface area contributed by atoms with Crippen LogP contribution < -0.4 is 4.74 Å². The normalized spacial score (nSPS) is 22.0. The molecule has 0 saturated heterocycles. The molecule has 2 aliphatic rings. The molecular formula is C29H27Cl3NO5S+. The largest absolute Gasteiger partial charge is 0.596 e. The molecule has 6 nitrogen and oxygen atoms in total.